The number of anilines is 1. The summed E-state index contributed by atoms with van der Waals surface area (Å²) in [7, 11) is -3.28. The van der Waals surface area contributed by atoms with Gasteiger partial charge in [0.1, 0.15) is 0 Å². The van der Waals surface area contributed by atoms with E-state index in [1.807, 2.05) is 6.07 Å². The van der Waals surface area contributed by atoms with Crippen molar-refractivity contribution in [2.75, 3.05) is 17.1 Å². The fourth-order valence-corrected chi connectivity index (χ4v) is 5.08. The Labute approximate surface area is 150 Å². The van der Waals surface area contributed by atoms with Gasteiger partial charge < -0.3 is 5.32 Å². The number of nitrogens with one attached hydrogen (secondary N) is 1. The summed E-state index contributed by atoms with van der Waals surface area (Å²) >= 11 is 0. The topological polar surface area (TPSA) is 66.5 Å². The van der Waals surface area contributed by atoms with Crippen LogP contribution < -0.4 is 9.62 Å². The van der Waals surface area contributed by atoms with Crippen LogP contribution in [0.4, 0.5) is 5.69 Å². The average Bonchev–Trinajstić information content (AvgIpc) is 2.57. The van der Waals surface area contributed by atoms with Gasteiger partial charge in [0.25, 0.3) is 5.91 Å². The maximum Gasteiger partial charge on any atom is 0.251 e. The minimum Gasteiger partial charge on any atom is -0.349 e. The van der Waals surface area contributed by atoms with Crippen molar-refractivity contribution in [3.8, 4) is 0 Å². The molecule has 0 bridgehead atoms. The summed E-state index contributed by atoms with van der Waals surface area (Å²) in [6.45, 7) is 4.97. The van der Waals surface area contributed by atoms with Gasteiger partial charge in [-0.1, -0.05) is 26.7 Å². The molecular weight excluding hydrogens is 336 g/mol. The number of rotatable bonds is 3. The highest BCUT2D eigenvalue weighted by Crippen LogP contribution is 2.31. The Morgan fingerprint density at radius 2 is 1.96 bits per heavy atom. The zero-order valence-electron chi connectivity index (χ0n) is 15.3. The lowest BCUT2D eigenvalue weighted by Crippen LogP contribution is -2.43. The molecule has 0 saturated heterocycles. The molecule has 1 aliphatic carbocycles. The first-order valence-electron chi connectivity index (χ1n) is 9.19. The average molecular weight is 365 g/mol. The minimum absolute atomic E-state index is 0.0507. The van der Waals surface area contributed by atoms with Crippen LogP contribution in [0.15, 0.2) is 18.2 Å². The smallest absolute Gasteiger partial charge is 0.251 e. The van der Waals surface area contributed by atoms with Crippen LogP contribution in [0.3, 0.4) is 0 Å². The Morgan fingerprint density at radius 3 is 2.68 bits per heavy atom. The number of benzene rings is 1. The van der Waals surface area contributed by atoms with E-state index in [1.165, 1.54) is 17.0 Å². The summed E-state index contributed by atoms with van der Waals surface area (Å²) in [5.74, 6) is 1.06. The van der Waals surface area contributed by atoms with E-state index < -0.39 is 10.0 Å². The van der Waals surface area contributed by atoms with E-state index in [1.54, 1.807) is 12.1 Å². The molecule has 25 heavy (non-hydrogen) atoms. The normalized spacial score (nSPS) is 26.8. The monoisotopic (exact) mass is 364 g/mol. The number of hydrogen-bond donors (Lipinski definition) is 1. The molecule has 1 aromatic carbocycles. The van der Waals surface area contributed by atoms with Gasteiger partial charge in [0.05, 0.1) is 11.9 Å². The lowest BCUT2D eigenvalue weighted by molar-refractivity contribution is 0.0891. The SMILES string of the molecule is C[C@H]1[C@H](C)CCC[C@@H]1NC(=O)c1ccc2c(c1)CCCN2S(C)(=O)=O. The quantitative estimate of drug-likeness (QED) is 0.897. The number of nitrogens with zero attached hydrogens (tertiary/aromatic N) is 1. The molecule has 3 rings (SSSR count). The molecule has 2 aliphatic rings. The number of fused-ring (bicyclic) bond motifs is 1. The van der Waals surface area contributed by atoms with E-state index in [0.717, 1.165) is 31.2 Å². The molecule has 1 aliphatic heterocycles. The highest BCUT2D eigenvalue weighted by molar-refractivity contribution is 7.92. The number of amides is 1. The van der Waals surface area contributed by atoms with Crippen LogP contribution in [0.5, 0.6) is 0 Å². The second-order valence-corrected chi connectivity index (χ2v) is 9.54. The molecule has 3 atom stereocenters. The van der Waals surface area contributed by atoms with Crippen LogP contribution in [0, 0.1) is 11.8 Å². The third-order valence-corrected chi connectivity index (χ3v) is 7.02. The first-order chi connectivity index (χ1) is 11.8. The van der Waals surface area contributed by atoms with E-state index in [2.05, 4.69) is 19.2 Å². The Bertz CT molecular complexity index is 760. The fraction of sp³-hybridized carbons (Fsp3) is 0.632. The second-order valence-electron chi connectivity index (χ2n) is 7.63. The summed E-state index contributed by atoms with van der Waals surface area (Å²) in [5, 5.41) is 3.19. The van der Waals surface area contributed by atoms with E-state index in [-0.39, 0.29) is 11.9 Å². The predicted octanol–water partition coefficient (Wildman–Crippen LogP) is 2.95. The standard InChI is InChI=1S/C19H28N2O3S/c1-13-6-4-8-17(14(13)2)20-19(22)16-9-10-18-15(12-16)7-5-11-21(18)25(3,23)24/h9-10,12-14,17H,4-8,11H2,1-3H3,(H,20,22)/t13-,14+,17+/m1/s1. The summed E-state index contributed by atoms with van der Waals surface area (Å²) < 4.78 is 25.3. The highest BCUT2D eigenvalue weighted by Gasteiger charge is 2.29. The third kappa shape index (κ3) is 3.84. The first-order valence-corrected chi connectivity index (χ1v) is 11.0. The van der Waals surface area contributed by atoms with Gasteiger partial charge in [0.2, 0.25) is 10.0 Å². The van der Waals surface area contributed by atoms with Crippen LogP contribution in [0.2, 0.25) is 0 Å². The molecule has 0 spiro atoms. The number of aryl methyl sites for hydroxylation is 1. The molecule has 5 nitrogen and oxygen atoms in total. The summed E-state index contributed by atoms with van der Waals surface area (Å²) in [4.78, 5) is 12.7. The van der Waals surface area contributed by atoms with Crippen LogP contribution in [0.1, 0.15) is 55.5 Å². The van der Waals surface area contributed by atoms with Crippen molar-refractivity contribution in [2.24, 2.45) is 11.8 Å². The minimum atomic E-state index is -3.28. The van der Waals surface area contributed by atoms with E-state index in [0.29, 0.717) is 29.6 Å². The molecule has 1 N–H and O–H groups in total. The van der Waals surface area contributed by atoms with Crippen LogP contribution in [-0.4, -0.2) is 33.2 Å². The first kappa shape index (κ1) is 18.2. The van der Waals surface area contributed by atoms with Crippen LogP contribution >= 0.6 is 0 Å². The van der Waals surface area contributed by atoms with Crippen LogP contribution in [-0.2, 0) is 16.4 Å². The number of carbonyl (C=O) groups excluding carboxylic acids is 1. The van der Waals surface area contributed by atoms with Gasteiger partial charge in [0.15, 0.2) is 0 Å². The summed E-state index contributed by atoms with van der Waals surface area (Å²) in [6, 6.07) is 5.60. The van der Waals surface area contributed by atoms with Crippen LogP contribution in [0.25, 0.3) is 0 Å². The number of sulfonamides is 1. The molecule has 6 heteroatoms. The van der Waals surface area contributed by atoms with Crippen molar-refractivity contribution in [2.45, 2.75) is 52.0 Å². The van der Waals surface area contributed by atoms with E-state index >= 15 is 0 Å². The predicted molar refractivity (Wildman–Crippen MR) is 100 cm³/mol. The Kier molecular flexibility index (Phi) is 5.09. The summed E-state index contributed by atoms with van der Waals surface area (Å²) in [5.41, 5.74) is 2.28. The molecule has 0 aromatic heterocycles. The maximum atomic E-state index is 12.7. The lowest BCUT2D eigenvalue weighted by Gasteiger charge is -2.34. The molecule has 1 aromatic rings. The Morgan fingerprint density at radius 1 is 1.20 bits per heavy atom. The Balaban J connectivity index is 1.79. The van der Waals surface area contributed by atoms with Crippen molar-refractivity contribution in [3.05, 3.63) is 29.3 Å². The van der Waals surface area contributed by atoms with Gasteiger partial charge >= 0.3 is 0 Å². The van der Waals surface area contributed by atoms with Crippen molar-refractivity contribution in [1.29, 1.82) is 0 Å². The zero-order chi connectivity index (χ0) is 18.2. The van der Waals surface area contributed by atoms with E-state index in [9.17, 15) is 13.2 Å². The fourth-order valence-electron chi connectivity index (χ4n) is 4.09. The van der Waals surface area contributed by atoms with Crippen molar-refractivity contribution < 1.29 is 13.2 Å². The molecule has 0 radical (unpaired) electrons. The maximum absolute atomic E-state index is 12.7. The van der Waals surface area contributed by atoms with Crippen molar-refractivity contribution in [3.63, 3.8) is 0 Å². The molecule has 1 fully saturated rings. The molecular formula is C19H28N2O3S. The Hall–Kier alpha value is -1.56. The van der Waals surface area contributed by atoms with Gasteiger partial charge in [0, 0.05) is 18.2 Å². The molecule has 1 amide bonds. The summed E-state index contributed by atoms with van der Waals surface area (Å²) in [6.07, 6.45) is 6.23. The molecule has 138 valence electrons. The second kappa shape index (κ2) is 6.98. The zero-order valence-corrected chi connectivity index (χ0v) is 16.1. The number of carbonyl (C=O) groups is 1. The van der Waals surface area contributed by atoms with Gasteiger partial charge in [-0.15, -0.1) is 0 Å². The van der Waals surface area contributed by atoms with Gasteiger partial charge in [-0.05, 0) is 54.9 Å². The van der Waals surface area contributed by atoms with Crippen molar-refractivity contribution in [1.82, 2.24) is 5.32 Å². The van der Waals surface area contributed by atoms with Gasteiger partial charge in [-0.3, -0.25) is 9.10 Å². The third-order valence-electron chi connectivity index (χ3n) is 5.84. The van der Waals surface area contributed by atoms with Gasteiger partial charge in [-0.25, -0.2) is 8.42 Å². The largest absolute Gasteiger partial charge is 0.349 e. The van der Waals surface area contributed by atoms with E-state index in [4.69, 9.17) is 0 Å². The lowest BCUT2D eigenvalue weighted by atomic mass is 9.78. The molecule has 1 saturated carbocycles. The molecule has 0 unspecified atom stereocenters. The van der Waals surface area contributed by atoms with Gasteiger partial charge in [-0.2, -0.15) is 0 Å². The van der Waals surface area contributed by atoms with Crippen molar-refractivity contribution >= 4 is 21.6 Å². The number of hydrogen-bond acceptors (Lipinski definition) is 3. The molecule has 1 heterocycles. The highest BCUT2D eigenvalue weighted by atomic mass is 32.2.